The van der Waals surface area contributed by atoms with Crippen molar-refractivity contribution in [3.05, 3.63) is 383 Å². The molecule has 0 spiro atoms. The van der Waals surface area contributed by atoms with Crippen LogP contribution < -0.4 is 14.4 Å². The number of halogens is 4. The Morgan fingerprint density at radius 3 is 1.41 bits per heavy atom. The lowest BCUT2D eigenvalue weighted by Gasteiger charge is -2.37. The molecule has 7 heteroatoms. The molecule has 12 aromatic carbocycles. The van der Waals surface area contributed by atoms with E-state index < -0.39 is 34.1 Å². The van der Waals surface area contributed by atoms with E-state index in [4.69, 9.17) is 9.47 Å². The first-order chi connectivity index (χ1) is 44.6. The van der Waals surface area contributed by atoms with Crippen LogP contribution in [0, 0.1) is 23.3 Å². The molecule has 12 aromatic rings. The van der Waals surface area contributed by atoms with E-state index in [9.17, 15) is 0 Å². The average molecular weight is 1190 g/mol. The third-order valence-electron chi connectivity index (χ3n) is 18.2. The van der Waals surface area contributed by atoms with Gasteiger partial charge >= 0.3 is 0 Å². The molecule has 0 amide bonds. The maximum Gasteiger partial charge on any atom is 0.128 e. The number of benzene rings is 12. The van der Waals surface area contributed by atoms with Gasteiger partial charge in [0.05, 0.1) is 10.8 Å². The molecular formula is C84H57F4NO2. The molecule has 0 aliphatic heterocycles. The Balaban J connectivity index is 0.966. The number of rotatable bonds is 15. The third-order valence-corrected chi connectivity index (χ3v) is 18.2. The van der Waals surface area contributed by atoms with Crippen LogP contribution in [0.2, 0.25) is 0 Å². The lowest BCUT2D eigenvalue weighted by atomic mass is 9.65. The molecule has 0 radical (unpaired) electrons. The fourth-order valence-corrected chi connectivity index (χ4v) is 14.2. The zero-order valence-electron chi connectivity index (χ0n) is 49.4. The maximum atomic E-state index is 17.5. The molecular weight excluding hydrogens is 1130 g/mol. The summed E-state index contributed by atoms with van der Waals surface area (Å²) in [6.07, 6.45) is 9.08. The van der Waals surface area contributed by atoms with Crippen molar-refractivity contribution in [1.29, 1.82) is 0 Å². The molecule has 438 valence electrons. The predicted molar refractivity (Wildman–Crippen MR) is 360 cm³/mol. The van der Waals surface area contributed by atoms with Crippen LogP contribution in [0.15, 0.2) is 304 Å². The fraction of sp³-hybridized carbons (Fsp3) is 0.0476. The van der Waals surface area contributed by atoms with Gasteiger partial charge in [-0.2, -0.15) is 0 Å². The third kappa shape index (κ3) is 9.60. The number of hydrogen-bond donors (Lipinski definition) is 0. The van der Waals surface area contributed by atoms with E-state index in [0.717, 1.165) is 95.2 Å². The Morgan fingerprint density at radius 2 is 0.824 bits per heavy atom. The molecule has 2 atom stereocenters. The first-order valence-corrected chi connectivity index (χ1v) is 30.4. The maximum absolute atomic E-state index is 17.5. The second-order valence-corrected chi connectivity index (χ2v) is 23.2. The van der Waals surface area contributed by atoms with Gasteiger partial charge in [-0.3, -0.25) is 0 Å². The second-order valence-electron chi connectivity index (χ2n) is 23.2. The highest BCUT2D eigenvalue weighted by Crippen LogP contribution is 2.61. The quantitative estimate of drug-likeness (QED) is 0.0955. The molecule has 0 fully saturated rings. The van der Waals surface area contributed by atoms with Gasteiger partial charge in [-0.1, -0.05) is 189 Å². The molecule has 3 aliphatic rings. The number of hydrogen-bond acceptors (Lipinski definition) is 3. The summed E-state index contributed by atoms with van der Waals surface area (Å²) in [6.45, 7) is 7.78. The summed E-state index contributed by atoms with van der Waals surface area (Å²) in [5.41, 5.74) is 13.9. The second kappa shape index (κ2) is 23.0. The summed E-state index contributed by atoms with van der Waals surface area (Å²) < 4.78 is 80.1. The summed E-state index contributed by atoms with van der Waals surface area (Å²) in [5, 5.41) is 0. The van der Waals surface area contributed by atoms with Gasteiger partial charge in [0.2, 0.25) is 0 Å². The van der Waals surface area contributed by atoms with Gasteiger partial charge in [-0.05, 0) is 223 Å². The summed E-state index contributed by atoms with van der Waals surface area (Å²) in [6, 6.07) is 85.6. The topological polar surface area (TPSA) is 21.7 Å². The number of anilines is 3. The van der Waals surface area contributed by atoms with Gasteiger partial charge in [0, 0.05) is 28.2 Å². The Bertz CT molecular complexity index is 4900. The highest BCUT2D eigenvalue weighted by atomic mass is 19.1. The van der Waals surface area contributed by atoms with Gasteiger partial charge in [-0.15, -0.1) is 0 Å². The normalized spacial score (nSPS) is 15.9. The van der Waals surface area contributed by atoms with Crippen LogP contribution in [-0.4, -0.2) is 0 Å². The number of allylic oxidation sites excluding steroid dienone is 4. The smallest absolute Gasteiger partial charge is 0.128 e. The zero-order chi connectivity index (χ0) is 61.8. The summed E-state index contributed by atoms with van der Waals surface area (Å²) in [5.74, 6) is 0.116. The largest absolute Gasteiger partial charge is 0.457 e. The fourth-order valence-electron chi connectivity index (χ4n) is 14.2. The van der Waals surface area contributed by atoms with Crippen LogP contribution >= 0.6 is 0 Å². The first-order valence-electron chi connectivity index (χ1n) is 30.4. The van der Waals surface area contributed by atoms with Gasteiger partial charge in [0.25, 0.3) is 0 Å². The van der Waals surface area contributed by atoms with Crippen molar-refractivity contribution in [2.24, 2.45) is 0 Å². The van der Waals surface area contributed by atoms with Crippen molar-refractivity contribution in [3.63, 3.8) is 0 Å². The van der Waals surface area contributed by atoms with Crippen molar-refractivity contribution in [3.8, 4) is 56.4 Å². The Labute approximate surface area is 526 Å². The van der Waals surface area contributed by atoms with Crippen molar-refractivity contribution < 1.29 is 27.0 Å². The summed E-state index contributed by atoms with van der Waals surface area (Å²) in [7, 11) is 0. The molecule has 0 aromatic heterocycles. The molecule has 0 heterocycles. The van der Waals surface area contributed by atoms with Crippen LogP contribution in [0.25, 0.3) is 51.1 Å². The van der Waals surface area contributed by atoms with Gasteiger partial charge < -0.3 is 14.4 Å². The van der Waals surface area contributed by atoms with Crippen molar-refractivity contribution in [2.45, 2.75) is 23.7 Å². The minimum Gasteiger partial charge on any atom is -0.457 e. The van der Waals surface area contributed by atoms with Gasteiger partial charge in [0.15, 0.2) is 0 Å². The molecule has 0 saturated heterocycles. The standard InChI is InChI=1S/C84H57F4NO2/c1-3-54-25-37-65(38-26-54)90-67-41-29-58(30-42-67)83(79-50-60(85)33-47-81(79)87)75-23-12-10-21-71(75)73-45-35-63(52-77(73)83)89(62-18-14-17-57(49-62)70-20-9-8-19-69(70)56-15-6-5-7-16-56)64-36-46-74-72-22-11-13-24-76(72)84(78(74)53-64,80-51-61(86)34-48-82(80)88)59-31-43-68(44-32-59)91-66-39-27-55(4-2)28-40-66/h3-12,14-23,25-53H,1-2,13,24H2. The number of fused-ring (bicyclic) bond motifs is 5. The van der Waals surface area contributed by atoms with E-state index in [2.05, 4.69) is 115 Å². The molecule has 2 unspecified atom stereocenters. The average Bonchev–Trinajstić information content (AvgIpc) is 1.57. The van der Waals surface area contributed by atoms with Crippen LogP contribution in [-0.2, 0) is 10.8 Å². The first kappa shape index (κ1) is 56.2. The molecule has 0 bridgehead atoms. The minimum atomic E-state index is -1.41. The van der Waals surface area contributed by atoms with Crippen LogP contribution in [0.4, 0.5) is 34.6 Å². The molecule has 15 rings (SSSR count). The van der Waals surface area contributed by atoms with E-state index in [0.29, 0.717) is 52.8 Å². The van der Waals surface area contributed by atoms with Crippen molar-refractivity contribution in [2.75, 3.05) is 4.90 Å². The lowest BCUT2D eigenvalue weighted by molar-refractivity contribution is 0.481. The van der Waals surface area contributed by atoms with E-state index in [1.165, 1.54) is 30.3 Å². The monoisotopic (exact) mass is 1190 g/mol. The van der Waals surface area contributed by atoms with Crippen molar-refractivity contribution in [1.82, 2.24) is 0 Å². The Morgan fingerprint density at radius 1 is 0.363 bits per heavy atom. The van der Waals surface area contributed by atoms with E-state index >= 15 is 17.6 Å². The molecule has 91 heavy (non-hydrogen) atoms. The highest BCUT2D eigenvalue weighted by molar-refractivity contribution is 5.95. The number of ether oxygens (including phenoxy) is 2. The predicted octanol–water partition coefficient (Wildman–Crippen LogP) is 22.7. The molecule has 0 saturated carbocycles. The van der Waals surface area contributed by atoms with E-state index in [1.54, 1.807) is 12.2 Å². The zero-order valence-corrected chi connectivity index (χ0v) is 49.4. The Hall–Kier alpha value is -11.3. The number of nitrogens with zero attached hydrogens (tertiary/aromatic N) is 1. The molecule has 0 N–H and O–H groups in total. The highest BCUT2D eigenvalue weighted by Gasteiger charge is 2.51. The summed E-state index contributed by atoms with van der Waals surface area (Å²) >= 11 is 0. The molecule has 3 nitrogen and oxygen atoms in total. The van der Waals surface area contributed by atoms with Crippen LogP contribution in [0.3, 0.4) is 0 Å². The van der Waals surface area contributed by atoms with Crippen LogP contribution in [0.5, 0.6) is 23.0 Å². The van der Waals surface area contributed by atoms with Crippen LogP contribution in [0.1, 0.15) is 68.5 Å². The van der Waals surface area contributed by atoms with Gasteiger partial charge in [-0.25, -0.2) is 17.6 Å². The minimum absolute atomic E-state index is 0.141. The SMILES string of the molecule is C=Cc1ccc(Oc2ccc(C3(c4cc(F)ccc4F)C4=C(C=CCC4)c4ccc(N(c5cccc(-c6ccccc6-c6ccccc6)c5)c5ccc6c(c5)C(c5ccc(Oc7ccc(C=C)cc7)cc5)(c5cc(F)ccc5F)c5ccccc5-6)cc43)cc2)cc1. The Kier molecular flexibility index (Phi) is 14.2. The summed E-state index contributed by atoms with van der Waals surface area (Å²) in [4.78, 5) is 2.19. The van der Waals surface area contributed by atoms with E-state index in [1.807, 2.05) is 152 Å². The van der Waals surface area contributed by atoms with E-state index in [-0.39, 0.29) is 11.1 Å². The van der Waals surface area contributed by atoms with Crippen molar-refractivity contribution >= 4 is 34.8 Å². The lowest BCUT2D eigenvalue weighted by Crippen LogP contribution is -2.32. The van der Waals surface area contributed by atoms with Gasteiger partial charge in [0.1, 0.15) is 46.3 Å². The molecule has 3 aliphatic carbocycles.